The summed E-state index contributed by atoms with van der Waals surface area (Å²) in [5.41, 5.74) is 0.419. The van der Waals surface area contributed by atoms with E-state index in [0.29, 0.717) is 28.6 Å². The minimum Gasteiger partial charge on any atom is -0.495 e. The fraction of sp³-hybridized carbons (Fsp3) is 0.316. The summed E-state index contributed by atoms with van der Waals surface area (Å²) in [5, 5.41) is 3.21. The van der Waals surface area contributed by atoms with Crippen LogP contribution in [0.15, 0.2) is 42.5 Å². The Hall–Kier alpha value is -2.25. The molecule has 0 aliphatic carbocycles. The normalized spacial score (nSPS) is 12.7. The summed E-state index contributed by atoms with van der Waals surface area (Å²) < 4.78 is 43.1. The Labute approximate surface area is 160 Å². The van der Waals surface area contributed by atoms with E-state index < -0.39 is 17.8 Å². The number of nitrogens with one attached hydrogen (secondary N) is 1. The molecule has 0 heterocycles. The second-order valence-corrected chi connectivity index (χ2v) is 6.56. The lowest BCUT2D eigenvalue weighted by atomic mass is 10.1. The first-order valence-corrected chi connectivity index (χ1v) is 8.50. The predicted molar refractivity (Wildman–Crippen MR) is 99.0 cm³/mol. The van der Waals surface area contributed by atoms with Gasteiger partial charge in [-0.25, -0.2) is 0 Å². The third-order valence-corrected chi connectivity index (χ3v) is 4.41. The van der Waals surface area contributed by atoms with Gasteiger partial charge in [-0.1, -0.05) is 23.7 Å². The van der Waals surface area contributed by atoms with Crippen LogP contribution in [0.2, 0.25) is 5.02 Å². The molecule has 1 atom stereocenters. The van der Waals surface area contributed by atoms with Crippen LogP contribution < -0.4 is 10.1 Å². The van der Waals surface area contributed by atoms with Gasteiger partial charge in [-0.15, -0.1) is 0 Å². The van der Waals surface area contributed by atoms with Crippen molar-refractivity contribution >= 4 is 23.2 Å². The van der Waals surface area contributed by atoms with Gasteiger partial charge in [-0.3, -0.25) is 9.69 Å². The van der Waals surface area contributed by atoms with E-state index in [1.807, 2.05) is 0 Å². The summed E-state index contributed by atoms with van der Waals surface area (Å²) in [7, 11) is 3.20. The molecule has 8 heteroatoms. The third kappa shape index (κ3) is 5.61. The molecule has 2 aromatic rings. The van der Waals surface area contributed by atoms with Crippen LogP contribution in [-0.2, 0) is 17.5 Å². The standard InChI is InChI=1S/C19H20ClF3N2O2/c1-12(18(26)24-16-10-15(20)8-9-17(16)27-3)25(2)11-13-4-6-14(7-5-13)19(21,22)23/h4-10,12H,11H2,1-3H3,(H,24,26)/t12-/m0/s1. The summed E-state index contributed by atoms with van der Waals surface area (Å²) in [5.74, 6) is 0.190. The number of halogens is 4. The van der Waals surface area contributed by atoms with E-state index in [1.54, 1.807) is 37.1 Å². The van der Waals surface area contributed by atoms with Crippen LogP contribution in [0.25, 0.3) is 0 Å². The van der Waals surface area contributed by atoms with Gasteiger partial charge >= 0.3 is 6.18 Å². The van der Waals surface area contributed by atoms with Crippen LogP contribution in [0.5, 0.6) is 5.75 Å². The zero-order valence-electron chi connectivity index (χ0n) is 15.1. The number of likely N-dealkylation sites (N-methyl/N-ethyl adjacent to an activating group) is 1. The number of rotatable bonds is 6. The van der Waals surface area contributed by atoms with E-state index in [0.717, 1.165) is 12.1 Å². The quantitative estimate of drug-likeness (QED) is 0.755. The SMILES string of the molecule is COc1ccc(Cl)cc1NC(=O)[C@H](C)N(C)Cc1ccc(C(F)(F)F)cc1. The highest BCUT2D eigenvalue weighted by Gasteiger charge is 2.30. The Kier molecular flexibility index (Phi) is 6.73. The van der Waals surface area contributed by atoms with Crippen LogP contribution in [0.3, 0.4) is 0 Å². The average Bonchev–Trinajstić information content (AvgIpc) is 2.61. The first-order chi connectivity index (χ1) is 12.6. The first-order valence-electron chi connectivity index (χ1n) is 8.12. The number of alkyl halides is 3. The molecule has 27 heavy (non-hydrogen) atoms. The lowest BCUT2D eigenvalue weighted by Crippen LogP contribution is -2.39. The van der Waals surface area contributed by atoms with Crippen molar-refractivity contribution in [1.82, 2.24) is 4.90 Å². The van der Waals surface area contributed by atoms with Crippen molar-refractivity contribution in [2.45, 2.75) is 25.7 Å². The molecule has 0 fully saturated rings. The number of hydrogen-bond donors (Lipinski definition) is 1. The van der Waals surface area contributed by atoms with Crippen molar-refractivity contribution < 1.29 is 22.7 Å². The minimum absolute atomic E-state index is 0.287. The molecule has 2 rings (SSSR count). The van der Waals surface area contributed by atoms with Gasteiger partial charge in [0.1, 0.15) is 5.75 Å². The molecule has 2 aromatic carbocycles. The van der Waals surface area contributed by atoms with Gasteiger partial charge in [0.2, 0.25) is 5.91 Å². The number of anilines is 1. The van der Waals surface area contributed by atoms with Crippen LogP contribution in [0, 0.1) is 0 Å². The highest BCUT2D eigenvalue weighted by atomic mass is 35.5. The Morgan fingerprint density at radius 3 is 2.41 bits per heavy atom. The molecule has 1 N–H and O–H groups in total. The molecule has 0 spiro atoms. The number of benzene rings is 2. The molecular weight excluding hydrogens is 381 g/mol. The fourth-order valence-corrected chi connectivity index (χ4v) is 2.61. The van der Waals surface area contributed by atoms with Gasteiger partial charge < -0.3 is 10.1 Å². The molecule has 0 saturated heterocycles. The number of ether oxygens (including phenoxy) is 1. The molecule has 146 valence electrons. The van der Waals surface area contributed by atoms with Crippen LogP contribution in [0.1, 0.15) is 18.1 Å². The summed E-state index contributed by atoms with van der Waals surface area (Å²) in [6.45, 7) is 2.02. The molecule has 0 saturated carbocycles. The Morgan fingerprint density at radius 2 is 1.85 bits per heavy atom. The van der Waals surface area contributed by atoms with E-state index in [2.05, 4.69) is 5.32 Å². The lowest BCUT2D eigenvalue weighted by Gasteiger charge is -2.24. The van der Waals surface area contributed by atoms with E-state index in [9.17, 15) is 18.0 Å². The molecule has 1 amide bonds. The van der Waals surface area contributed by atoms with Crippen molar-refractivity contribution in [3.8, 4) is 5.75 Å². The van der Waals surface area contributed by atoms with Crippen molar-refractivity contribution in [2.24, 2.45) is 0 Å². The average molecular weight is 401 g/mol. The molecule has 0 aromatic heterocycles. The molecule has 0 unspecified atom stereocenters. The zero-order valence-corrected chi connectivity index (χ0v) is 15.9. The van der Waals surface area contributed by atoms with Crippen LogP contribution in [0.4, 0.5) is 18.9 Å². The van der Waals surface area contributed by atoms with Gasteiger partial charge in [-0.2, -0.15) is 13.2 Å². The first kappa shape index (κ1) is 21.1. The Morgan fingerprint density at radius 1 is 1.22 bits per heavy atom. The predicted octanol–water partition coefficient (Wildman–Crippen LogP) is 4.83. The van der Waals surface area contributed by atoms with Gasteiger partial charge in [0, 0.05) is 11.6 Å². The molecular formula is C19H20ClF3N2O2. The second-order valence-electron chi connectivity index (χ2n) is 6.12. The Balaban J connectivity index is 2.03. The van der Waals surface area contributed by atoms with Crippen molar-refractivity contribution in [1.29, 1.82) is 0 Å². The van der Waals surface area contributed by atoms with Crippen LogP contribution >= 0.6 is 11.6 Å². The van der Waals surface area contributed by atoms with E-state index >= 15 is 0 Å². The van der Waals surface area contributed by atoms with E-state index in [4.69, 9.17) is 16.3 Å². The van der Waals surface area contributed by atoms with E-state index in [-0.39, 0.29) is 5.91 Å². The highest BCUT2D eigenvalue weighted by molar-refractivity contribution is 6.31. The number of carbonyl (C=O) groups excluding carboxylic acids is 1. The lowest BCUT2D eigenvalue weighted by molar-refractivity contribution is -0.137. The minimum atomic E-state index is -4.37. The maximum absolute atomic E-state index is 12.6. The maximum Gasteiger partial charge on any atom is 0.416 e. The van der Waals surface area contributed by atoms with Gasteiger partial charge in [0.25, 0.3) is 0 Å². The monoisotopic (exact) mass is 400 g/mol. The largest absolute Gasteiger partial charge is 0.495 e. The third-order valence-electron chi connectivity index (χ3n) is 4.17. The van der Waals surface area contributed by atoms with Crippen molar-refractivity contribution in [2.75, 3.05) is 19.5 Å². The fourth-order valence-electron chi connectivity index (χ4n) is 2.44. The van der Waals surface area contributed by atoms with Crippen molar-refractivity contribution in [3.05, 3.63) is 58.6 Å². The van der Waals surface area contributed by atoms with Crippen molar-refractivity contribution in [3.63, 3.8) is 0 Å². The summed E-state index contributed by atoms with van der Waals surface area (Å²) in [4.78, 5) is 14.2. The number of methoxy groups -OCH3 is 1. The topological polar surface area (TPSA) is 41.6 Å². The number of amides is 1. The molecule has 4 nitrogen and oxygen atoms in total. The molecule has 0 aliphatic rings. The molecule has 0 radical (unpaired) electrons. The number of nitrogens with zero attached hydrogens (tertiary/aromatic N) is 1. The summed E-state index contributed by atoms with van der Waals surface area (Å²) in [6.07, 6.45) is -4.37. The number of carbonyl (C=O) groups is 1. The smallest absolute Gasteiger partial charge is 0.416 e. The van der Waals surface area contributed by atoms with Gasteiger partial charge in [-0.05, 0) is 49.9 Å². The number of hydrogen-bond acceptors (Lipinski definition) is 3. The second kappa shape index (κ2) is 8.63. The summed E-state index contributed by atoms with van der Waals surface area (Å²) >= 11 is 5.95. The highest BCUT2D eigenvalue weighted by Crippen LogP contribution is 2.30. The molecule has 0 aliphatic heterocycles. The van der Waals surface area contributed by atoms with Gasteiger partial charge in [0.15, 0.2) is 0 Å². The van der Waals surface area contributed by atoms with Crippen LogP contribution in [-0.4, -0.2) is 31.0 Å². The van der Waals surface area contributed by atoms with Gasteiger partial charge in [0.05, 0.1) is 24.4 Å². The molecule has 0 bridgehead atoms. The summed E-state index contributed by atoms with van der Waals surface area (Å²) in [6, 6.07) is 9.23. The zero-order chi connectivity index (χ0) is 20.2. The van der Waals surface area contributed by atoms with E-state index in [1.165, 1.54) is 19.2 Å². The Bertz CT molecular complexity index is 795. The maximum atomic E-state index is 12.6.